The summed E-state index contributed by atoms with van der Waals surface area (Å²) in [7, 11) is 0. The van der Waals surface area contributed by atoms with Gasteiger partial charge in [0.1, 0.15) is 17.4 Å². The Labute approximate surface area is 134 Å². The summed E-state index contributed by atoms with van der Waals surface area (Å²) in [6.07, 6.45) is 0. The molecule has 0 bridgehead atoms. The Morgan fingerprint density at radius 1 is 1.35 bits per heavy atom. The number of nitrogens with two attached hydrogens (primary N) is 1. The fourth-order valence-electron chi connectivity index (χ4n) is 2.52. The highest BCUT2D eigenvalue weighted by molar-refractivity contribution is 5.92. The van der Waals surface area contributed by atoms with E-state index in [0.29, 0.717) is 11.1 Å². The molecule has 2 N–H and O–H groups in total. The molecule has 23 heavy (non-hydrogen) atoms. The summed E-state index contributed by atoms with van der Waals surface area (Å²) in [6, 6.07) is 10.8. The van der Waals surface area contributed by atoms with Crippen molar-refractivity contribution < 1.29 is 14.3 Å². The van der Waals surface area contributed by atoms with E-state index in [1.807, 2.05) is 6.07 Å². The molecule has 0 aromatic heterocycles. The Kier molecular flexibility index (Phi) is 4.68. The number of hydrogen-bond donors (Lipinski definition) is 1. The van der Waals surface area contributed by atoms with Crippen molar-refractivity contribution in [3.05, 3.63) is 58.2 Å². The van der Waals surface area contributed by atoms with E-state index in [4.69, 9.17) is 15.2 Å². The summed E-state index contributed by atoms with van der Waals surface area (Å²) >= 11 is 0. The Balaban J connectivity index is 2.70. The summed E-state index contributed by atoms with van der Waals surface area (Å²) in [4.78, 5) is 12.3. The van der Waals surface area contributed by atoms with E-state index in [2.05, 4.69) is 6.07 Å². The van der Waals surface area contributed by atoms with Crippen LogP contribution in [0.25, 0.3) is 0 Å². The van der Waals surface area contributed by atoms with Crippen molar-refractivity contribution in [3.63, 3.8) is 0 Å². The molecule has 6 heteroatoms. The highest BCUT2D eigenvalue weighted by atomic mass is 16.5. The second-order valence-corrected chi connectivity index (χ2v) is 4.81. The predicted molar refractivity (Wildman–Crippen MR) is 81.1 cm³/mol. The summed E-state index contributed by atoms with van der Waals surface area (Å²) < 4.78 is 10.4. The third-order valence-corrected chi connectivity index (χ3v) is 3.49. The minimum atomic E-state index is -0.788. The molecule has 1 atom stereocenters. The minimum absolute atomic E-state index is 0.0733. The third-order valence-electron chi connectivity index (χ3n) is 3.49. The fraction of sp³-hybridized carbons (Fsp3) is 0.235. The molecular formula is C17H15N3O3. The summed E-state index contributed by atoms with van der Waals surface area (Å²) in [5, 5.41) is 18.8. The lowest BCUT2D eigenvalue weighted by molar-refractivity contribution is -0.139. The van der Waals surface area contributed by atoms with Gasteiger partial charge in [-0.25, -0.2) is 4.79 Å². The van der Waals surface area contributed by atoms with Gasteiger partial charge in [-0.3, -0.25) is 0 Å². The van der Waals surface area contributed by atoms with Crippen molar-refractivity contribution in [1.29, 1.82) is 10.5 Å². The molecular weight excluding hydrogens is 294 g/mol. The molecule has 0 amide bonds. The van der Waals surface area contributed by atoms with Crippen LogP contribution in [0.3, 0.4) is 0 Å². The van der Waals surface area contributed by atoms with E-state index >= 15 is 0 Å². The first-order valence-corrected chi connectivity index (χ1v) is 6.99. The normalized spacial score (nSPS) is 17.1. The molecule has 2 rings (SSSR count). The second-order valence-electron chi connectivity index (χ2n) is 4.81. The van der Waals surface area contributed by atoms with E-state index in [9.17, 15) is 15.3 Å². The van der Waals surface area contributed by atoms with Crippen LogP contribution in [0.15, 0.2) is 47.1 Å². The Morgan fingerprint density at radius 2 is 2.04 bits per heavy atom. The summed E-state index contributed by atoms with van der Waals surface area (Å²) in [5.41, 5.74) is 6.94. The van der Waals surface area contributed by atoms with Crippen LogP contribution in [-0.4, -0.2) is 12.6 Å². The SMILES string of the molecule is CCOC(=O)C1=C(C)OC(N)=C(C#N)C1c1ccccc1C#N. The molecule has 6 nitrogen and oxygen atoms in total. The first kappa shape index (κ1) is 16.1. The zero-order valence-electron chi connectivity index (χ0n) is 12.8. The number of carbonyl (C=O) groups excluding carboxylic acids is 1. The van der Waals surface area contributed by atoms with Crippen LogP contribution >= 0.6 is 0 Å². The quantitative estimate of drug-likeness (QED) is 0.857. The zero-order chi connectivity index (χ0) is 17.0. The molecule has 0 saturated carbocycles. The molecule has 0 aliphatic carbocycles. The molecule has 1 aliphatic heterocycles. The number of nitriles is 2. The molecule has 1 unspecified atom stereocenters. The smallest absolute Gasteiger partial charge is 0.338 e. The fourth-order valence-corrected chi connectivity index (χ4v) is 2.52. The summed E-state index contributed by atoms with van der Waals surface area (Å²) in [6.45, 7) is 3.45. The lowest BCUT2D eigenvalue weighted by atomic mass is 9.81. The highest BCUT2D eigenvalue weighted by Crippen LogP contribution is 2.40. The Morgan fingerprint density at radius 3 is 2.65 bits per heavy atom. The van der Waals surface area contributed by atoms with E-state index in [1.54, 1.807) is 38.1 Å². The average Bonchev–Trinajstić information content (AvgIpc) is 2.54. The maximum absolute atomic E-state index is 12.3. The molecule has 0 spiro atoms. The molecule has 1 heterocycles. The van der Waals surface area contributed by atoms with Crippen LogP contribution in [-0.2, 0) is 14.3 Å². The van der Waals surface area contributed by atoms with Gasteiger partial charge in [-0.1, -0.05) is 18.2 Å². The molecule has 0 radical (unpaired) electrons. The van der Waals surface area contributed by atoms with Crippen LogP contribution in [0.2, 0.25) is 0 Å². The topological polar surface area (TPSA) is 109 Å². The number of esters is 1. The van der Waals surface area contributed by atoms with Gasteiger partial charge in [-0.15, -0.1) is 0 Å². The standard InChI is InChI=1S/C17H15N3O3/c1-3-22-17(21)14-10(2)23-16(20)13(9-19)15(14)12-7-5-4-6-11(12)8-18/h4-7,15H,3,20H2,1-2H3. The maximum atomic E-state index is 12.3. The van der Waals surface area contributed by atoms with Crippen LogP contribution < -0.4 is 5.73 Å². The van der Waals surface area contributed by atoms with Crippen LogP contribution in [0.5, 0.6) is 0 Å². The van der Waals surface area contributed by atoms with Gasteiger partial charge in [0.2, 0.25) is 5.88 Å². The van der Waals surface area contributed by atoms with Gasteiger partial charge in [0.05, 0.1) is 29.7 Å². The number of ether oxygens (including phenoxy) is 2. The number of allylic oxidation sites excluding steroid dienone is 2. The van der Waals surface area contributed by atoms with Crippen molar-refractivity contribution >= 4 is 5.97 Å². The van der Waals surface area contributed by atoms with Crippen molar-refractivity contribution in [3.8, 4) is 12.1 Å². The minimum Gasteiger partial charge on any atom is -0.463 e. The van der Waals surface area contributed by atoms with E-state index in [-0.39, 0.29) is 29.4 Å². The maximum Gasteiger partial charge on any atom is 0.338 e. The lowest BCUT2D eigenvalue weighted by Crippen LogP contribution is -2.26. The third kappa shape index (κ3) is 2.88. The Bertz CT molecular complexity index is 794. The number of nitrogens with zero attached hydrogens (tertiary/aromatic N) is 2. The van der Waals surface area contributed by atoms with Gasteiger partial charge in [0, 0.05) is 0 Å². The van der Waals surface area contributed by atoms with Crippen LogP contribution in [0, 0.1) is 22.7 Å². The molecule has 1 aliphatic rings. The van der Waals surface area contributed by atoms with E-state index in [1.165, 1.54) is 0 Å². The van der Waals surface area contributed by atoms with Crippen molar-refractivity contribution in [2.75, 3.05) is 6.61 Å². The number of carbonyl (C=O) groups is 1. The van der Waals surface area contributed by atoms with Crippen molar-refractivity contribution in [2.45, 2.75) is 19.8 Å². The first-order chi connectivity index (χ1) is 11.0. The largest absolute Gasteiger partial charge is 0.463 e. The molecule has 1 aromatic rings. The highest BCUT2D eigenvalue weighted by Gasteiger charge is 2.37. The van der Waals surface area contributed by atoms with Gasteiger partial charge in [-0.05, 0) is 25.5 Å². The van der Waals surface area contributed by atoms with E-state index < -0.39 is 11.9 Å². The lowest BCUT2D eigenvalue weighted by Gasteiger charge is -2.27. The number of hydrogen-bond acceptors (Lipinski definition) is 6. The molecule has 1 aromatic carbocycles. The van der Waals surface area contributed by atoms with Gasteiger partial charge >= 0.3 is 5.97 Å². The molecule has 0 fully saturated rings. The predicted octanol–water partition coefficient (Wildman–Crippen LogP) is 2.20. The van der Waals surface area contributed by atoms with Gasteiger partial charge in [-0.2, -0.15) is 10.5 Å². The first-order valence-electron chi connectivity index (χ1n) is 6.99. The molecule has 116 valence electrons. The van der Waals surface area contributed by atoms with Crippen molar-refractivity contribution in [1.82, 2.24) is 0 Å². The second kappa shape index (κ2) is 6.67. The average molecular weight is 309 g/mol. The zero-order valence-corrected chi connectivity index (χ0v) is 12.8. The number of rotatable bonds is 3. The van der Waals surface area contributed by atoms with Gasteiger partial charge in [0.25, 0.3) is 0 Å². The van der Waals surface area contributed by atoms with Crippen LogP contribution in [0.4, 0.5) is 0 Å². The summed E-state index contributed by atoms with van der Waals surface area (Å²) in [5.74, 6) is -1.19. The van der Waals surface area contributed by atoms with Crippen LogP contribution in [0.1, 0.15) is 30.9 Å². The number of benzene rings is 1. The van der Waals surface area contributed by atoms with E-state index in [0.717, 1.165) is 0 Å². The monoisotopic (exact) mass is 309 g/mol. The van der Waals surface area contributed by atoms with Gasteiger partial charge in [0.15, 0.2) is 0 Å². The van der Waals surface area contributed by atoms with Gasteiger partial charge < -0.3 is 15.2 Å². The Hall–Kier alpha value is -3.25. The molecule has 0 saturated heterocycles. The van der Waals surface area contributed by atoms with Crippen molar-refractivity contribution in [2.24, 2.45) is 5.73 Å².